The summed E-state index contributed by atoms with van der Waals surface area (Å²) in [6.45, 7) is 6.07. The Kier molecular flexibility index (Phi) is 8.14. The Morgan fingerprint density at radius 2 is 1.66 bits per heavy atom. The van der Waals surface area contributed by atoms with Gasteiger partial charge < -0.3 is 14.5 Å². The predicted molar refractivity (Wildman–Crippen MR) is 158 cm³/mol. The molecular weight excluding hydrogens is 518 g/mol. The van der Waals surface area contributed by atoms with Crippen molar-refractivity contribution in [2.45, 2.75) is 33.2 Å². The zero-order chi connectivity index (χ0) is 28.9. The maximum atomic E-state index is 14.0. The molecule has 4 aromatic rings. The lowest BCUT2D eigenvalue weighted by Gasteiger charge is -2.30. The van der Waals surface area contributed by atoms with Crippen LogP contribution in [0, 0.1) is 5.92 Å². The molecule has 1 aromatic heterocycles. The molecule has 1 atom stereocenters. The number of amides is 3. The van der Waals surface area contributed by atoms with E-state index in [1.807, 2.05) is 99.6 Å². The highest BCUT2D eigenvalue weighted by Gasteiger charge is 2.38. The van der Waals surface area contributed by atoms with E-state index >= 15 is 0 Å². The van der Waals surface area contributed by atoms with Gasteiger partial charge in [0.2, 0.25) is 17.7 Å². The van der Waals surface area contributed by atoms with Crippen molar-refractivity contribution in [3.8, 4) is 5.75 Å². The fraction of sp³-hybridized carbons (Fsp3) is 0.250. The van der Waals surface area contributed by atoms with E-state index in [1.165, 1.54) is 16.0 Å². The van der Waals surface area contributed by atoms with Crippen molar-refractivity contribution in [2.24, 2.45) is 5.92 Å². The summed E-state index contributed by atoms with van der Waals surface area (Å²) in [5.74, 6) is -1.45. The van der Waals surface area contributed by atoms with Gasteiger partial charge in [0.25, 0.3) is 0 Å². The molecule has 5 rings (SSSR count). The summed E-state index contributed by atoms with van der Waals surface area (Å²) < 4.78 is 5.54. The Balaban J connectivity index is 1.46. The lowest BCUT2D eigenvalue weighted by molar-refractivity contribution is -0.140. The van der Waals surface area contributed by atoms with Gasteiger partial charge in [-0.2, -0.15) is 5.10 Å². The van der Waals surface area contributed by atoms with E-state index in [2.05, 4.69) is 10.2 Å². The number of carbonyl (C=O) groups excluding carboxylic acids is 3. The fourth-order valence-electron chi connectivity index (χ4n) is 5.07. The van der Waals surface area contributed by atoms with E-state index in [1.54, 1.807) is 11.1 Å². The smallest absolute Gasteiger partial charge is 0.247 e. The minimum atomic E-state index is -1.07. The monoisotopic (exact) mass is 551 g/mol. The summed E-state index contributed by atoms with van der Waals surface area (Å²) >= 11 is 0. The summed E-state index contributed by atoms with van der Waals surface area (Å²) in [5.41, 5.74) is 2.77. The number of aromatic nitrogens is 2. The molecule has 1 aliphatic rings. The second-order valence-corrected chi connectivity index (χ2v) is 10.1. The van der Waals surface area contributed by atoms with Crippen LogP contribution < -0.4 is 14.5 Å². The normalized spacial score (nSPS) is 15.5. The molecule has 1 unspecified atom stereocenters. The number of hydrogen-bond acceptors (Lipinski definition) is 5. The third-order valence-electron chi connectivity index (χ3n) is 7.01. The van der Waals surface area contributed by atoms with Gasteiger partial charge in [-0.15, -0.1) is 0 Å². The van der Waals surface area contributed by atoms with Crippen molar-refractivity contribution >= 4 is 40.0 Å². The van der Waals surface area contributed by atoms with Crippen LogP contribution in [0.25, 0.3) is 10.9 Å². The number of hydrogen-bond donors (Lipinski definition) is 1. The number of anilines is 2. The van der Waals surface area contributed by atoms with Gasteiger partial charge in [0, 0.05) is 47.3 Å². The van der Waals surface area contributed by atoms with E-state index in [0.29, 0.717) is 29.4 Å². The van der Waals surface area contributed by atoms with E-state index in [0.717, 1.165) is 10.9 Å². The number of nitrogens with zero attached hydrogens (tertiary/aromatic N) is 4. The molecule has 9 nitrogen and oxygen atoms in total. The standard InChI is InChI=1S/C32H33N5O4/c1-4-41-25-16-14-24(15-17-25)37(22(2)3)30(38)21-35-18-19-36(23-10-6-5-7-11-23)32(40)27(31(35)39)20-29-26-12-8-9-13-28(26)33-34-29/h5-19,22,27H,4,20-21H2,1-3H3,(H,33,34). The van der Waals surface area contributed by atoms with E-state index in [-0.39, 0.29) is 30.8 Å². The van der Waals surface area contributed by atoms with Gasteiger partial charge in [0.15, 0.2) is 0 Å². The van der Waals surface area contributed by atoms with Crippen molar-refractivity contribution < 1.29 is 19.1 Å². The first-order valence-corrected chi connectivity index (χ1v) is 13.7. The molecule has 0 aliphatic carbocycles. The van der Waals surface area contributed by atoms with Crippen LogP contribution in [-0.4, -0.2) is 52.0 Å². The van der Waals surface area contributed by atoms with Gasteiger partial charge in [-0.25, -0.2) is 0 Å². The van der Waals surface area contributed by atoms with Gasteiger partial charge in [-0.05, 0) is 63.2 Å². The van der Waals surface area contributed by atoms with E-state index < -0.39 is 11.8 Å². The number of carbonyl (C=O) groups is 3. The highest BCUT2D eigenvalue weighted by Crippen LogP contribution is 2.27. The third-order valence-corrected chi connectivity index (χ3v) is 7.01. The molecular formula is C32H33N5O4. The zero-order valence-electron chi connectivity index (χ0n) is 23.4. The fourth-order valence-corrected chi connectivity index (χ4v) is 5.07. The minimum Gasteiger partial charge on any atom is -0.494 e. The van der Waals surface area contributed by atoms with Gasteiger partial charge in [0.1, 0.15) is 18.2 Å². The maximum absolute atomic E-state index is 14.0. The van der Waals surface area contributed by atoms with Crippen LogP contribution in [0.1, 0.15) is 26.5 Å². The first-order chi connectivity index (χ1) is 19.9. The van der Waals surface area contributed by atoms with Gasteiger partial charge >= 0.3 is 0 Å². The molecule has 0 radical (unpaired) electrons. The van der Waals surface area contributed by atoms with Crippen LogP contribution in [0.4, 0.5) is 11.4 Å². The number of nitrogens with one attached hydrogen (secondary N) is 1. The van der Waals surface area contributed by atoms with Crippen molar-refractivity contribution in [3.05, 3.63) is 97.0 Å². The molecule has 210 valence electrons. The maximum Gasteiger partial charge on any atom is 0.247 e. The van der Waals surface area contributed by atoms with Gasteiger partial charge in [0.05, 0.1) is 12.1 Å². The van der Waals surface area contributed by atoms with E-state index in [4.69, 9.17) is 4.74 Å². The molecule has 0 bridgehead atoms. The molecule has 1 aliphatic heterocycles. The Bertz CT molecular complexity index is 1560. The lowest BCUT2D eigenvalue weighted by atomic mass is 9.98. The third kappa shape index (κ3) is 5.84. The zero-order valence-corrected chi connectivity index (χ0v) is 23.4. The molecule has 0 saturated carbocycles. The van der Waals surface area contributed by atoms with Crippen molar-refractivity contribution in [2.75, 3.05) is 23.0 Å². The first kappa shape index (κ1) is 27.6. The highest BCUT2D eigenvalue weighted by molar-refractivity contribution is 6.11. The summed E-state index contributed by atoms with van der Waals surface area (Å²) in [5, 5.41) is 8.19. The van der Waals surface area contributed by atoms with Crippen LogP contribution in [0.5, 0.6) is 5.75 Å². The number of benzene rings is 3. The molecule has 3 aromatic carbocycles. The molecule has 0 saturated heterocycles. The molecule has 0 fully saturated rings. The molecule has 3 amide bonds. The van der Waals surface area contributed by atoms with Crippen LogP contribution in [0.2, 0.25) is 0 Å². The number of ether oxygens (including phenoxy) is 1. The average Bonchev–Trinajstić information content (AvgIpc) is 3.34. The molecule has 1 N–H and O–H groups in total. The topological polar surface area (TPSA) is 98.8 Å². The van der Waals surface area contributed by atoms with Crippen LogP contribution in [0.15, 0.2) is 91.3 Å². The average molecular weight is 552 g/mol. The van der Waals surface area contributed by atoms with Crippen molar-refractivity contribution in [3.63, 3.8) is 0 Å². The molecule has 41 heavy (non-hydrogen) atoms. The van der Waals surface area contributed by atoms with Crippen molar-refractivity contribution in [1.82, 2.24) is 15.1 Å². The number of aromatic amines is 1. The Morgan fingerprint density at radius 3 is 2.37 bits per heavy atom. The Morgan fingerprint density at radius 1 is 0.951 bits per heavy atom. The minimum absolute atomic E-state index is 0.112. The van der Waals surface area contributed by atoms with Crippen LogP contribution in [0.3, 0.4) is 0 Å². The number of rotatable bonds is 9. The van der Waals surface area contributed by atoms with Crippen LogP contribution >= 0.6 is 0 Å². The number of H-pyrrole nitrogens is 1. The summed E-state index contributed by atoms with van der Waals surface area (Å²) in [6.07, 6.45) is 3.19. The summed E-state index contributed by atoms with van der Waals surface area (Å²) in [6, 6.07) is 23.8. The lowest BCUT2D eigenvalue weighted by Crippen LogP contribution is -2.46. The summed E-state index contributed by atoms with van der Waals surface area (Å²) in [7, 11) is 0. The van der Waals surface area contributed by atoms with Crippen molar-refractivity contribution in [1.29, 1.82) is 0 Å². The predicted octanol–water partition coefficient (Wildman–Crippen LogP) is 4.91. The molecule has 0 spiro atoms. The second kappa shape index (κ2) is 12.1. The van der Waals surface area contributed by atoms with Crippen LogP contribution in [-0.2, 0) is 20.8 Å². The quantitative estimate of drug-likeness (QED) is 0.298. The highest BCUT2D eigenvalue weighted by atomic mass is 16.5. The van der Waals surface area contributed by atoms with E-state index in [9.17, 15) is 14.4 Å². The largest absolute Gasteiger partial charge is 0.494 e. The molecule has 9 heteroatoms. The van der Waals surface area contributed by atoms with Gasteiger partial charge in [-0.3, -0.25) is 24.4 Å². The number of fused-ring (bicyclic) bond motifs is 1. The second-order valence-electron chi connectivity index (χ2n) is 10.1. The Hall–Kier alpha value is -4.92. The first-order valence-electron chi connectivity index (χ1n) is 13.7. The molecule has 2 heterocycles. The number of para-hydroxylation sites is 2. The van der Waals surface area contributed by atoms with Gasteiger partial charge in [-0.1, -0.05) is 36.4 Å². The SMILES string of the molecule is CCOc1ccc(N(C(=O)CN2C=CN(c3ccccc3)C(=O)C(Cc3[nH]nc4ccccc34)C2=O)C(C)C)cc1. The summed E-state index contributed by atoms with van der Waals surface area (Å²) in [4.78, 5) is 46.0. The Labute approximate surface area is 239 Å².